The van der Waals surface area contributed by atoms with Gasteiger partial charge in [-0.2, -0.15) is 0 Å². The number of hydrogen-bond donors (Lipinski definition) is 0. The monoisotopic (exact) mass is 839 g/mol. The van der Waals surface area contributed by atoms with Crippen LogP contribution in [0.5, 0.6) is 0 Å². The summed E-state index contributed by atoms with van der Waals surface area (Å²) in [6.45, 7) is 0. The molecule has 11 aromatic rings. The molecular weight excluding hydrogens is 795 g/mol. The van der Waals surface area contributed by atoms with E-state index in [1.54, 1.807) is 0 Å². The van der Waals surface area contributed by atoms with Gasteiger partial charge in [0.2, 0.25) is 0 Å². The van der Waals surface area contributed by atoms with Crippen LogP contribution >= 0.6 is 0 Å². The van der Waals surface area contributed by atoms with Gasteiger partial charge in [0.15, 0.2) is 0 Å². The number of pyridine rings is 1. The SMILES string of the molecule is c1ccc(-c2ccc(-c3cc(-c4ccccc4)cc(-c4cc(-c5ccc(-c6ccccc6)c(-c6ccccc6)c5)cc(-c5ccc(-c6ccccc6)c(-c6ccccc6)c5)c4)n3)cc2)cc1. The van der Waals surface area contributed by atoms with Gasteiger partial charge in [0.1, 0.15) is 0 Å². The molecule has 0 aliphatic rings. The highest BCUT2D eigenvalue weighted by Crippen LogP contribution is 2.42. The van der Waals surface area contributed by atoms with E-state index in [0.29, 0.717) is 0 Å². The molecule has 1 heteroatoms. The molecule has 0 fully saturated rings. The number of rotatable bonds is 10. The summed E-state index contributed by atoms with van der Waals surface area (Å²) in [5.41, 5.74) is 22.6. The molecule has 1 nitrogen and oxygen atoms in total. The second-order valence-corrected chi connectivity index (χ2v) is 16.7. The van der Waals surface area contributed by atoms with E-state index < -0.39 is 0 Å². The van der Waals surface area contributed by atoms with Crippen molar-refractivity contribution in [1.29, 1.82) is 0 Å². The van der Waals surface area contributed by atoms with E-state index >= 15 is 0 Å². The fourth-order valence-electron chi connectivity index (χ4n) is 9.10. The molecule has 0 unspecified atom stereocenters. The van der Waals surface area contributed by atoms with Gasteiger partial charge in [-0.3, -0.25) is 0 Å². The third kappa shape index (κ3) is 8.42. The second kappa shape index (κ2) is 18.2. The molecule has 0 saturated heterocycles. The highest BCUT2D eigenvalue weighted by Gasteiger charge is 2.17. The Morgan fingerprint density at radius 2 is 0.424 bits per heavy atom. The second-order valence-electron chi connectivity index (χ2n) is 16.7. The first-order valence-corrected chi connectivity index (χ1v) is 22.6. The fourth-order valence-corrected chi connectivity index (χ4v) is 9.10. The maximum absolute atomic E-state index is 5.51. The lowest BCUT2D eigenvalue weighted by molar-refractivity contribution is 1.32. The lowest BCUT2D eigenvalue weighted by Crippen LogP contribution is -1.94. The summed E-state index contributed by atoms with van der Waals surface area (Å²) in [7, 11) is 0. The molecule has 0 amide bonds. The summed E-state index contributed by atoms with van der Waals surface area (Å²) in [6.07, 6.45) is 0. The third-order valence-electron chi connectivity index (χ3n) is 12.5. The molecule has 1 heterocycles. The van der Waals surface area contributed by atoms with Gasteiger partial charge < -0.3 is 0 Å². The summed E-state index contributed by atoms with van der Waals surface area (Å²) in [4.78, 5) is 5.51. The van der Waals surface area contributed by atoms with Gasteiger partial charge in [0, 0.05) is 11.1 Å². The summed E-state index contributed by atoms with van der Waals surface area (Å²) >= 11 is 0. The molecule has 11 rings (SSSR count). The van der Waals surface area contributed by atoms with Gasteiger partial charge >= 0.3 is 0 Å². The fraction of sp³-hybridized carbons (Fsp3) is 0. The first-order chi connectivity index (χ1) is 32.7. The van der Waals surface area contributed by atoms with E-state index in [1.165, 1.54) is 55.6 Å². The number of aromatic nitrogens is 1. The van der Waals surface area contributed by atoms with Gasteiger partial charge in [-0.15, -0.1) is 0 Å². The van der Waals surface area contributed by atoms with Gasteiger partial charge in [-0.05, 0) is 131 Å². The molecule has 310 valence electrons. The molecule has 0 radical (unpaired) electrons. The smallest absolute Gasteiger partial charge is 0.0716 e. The topological polar surface area (TPSA) is 12.9 Å². The van der Waals surface area contributed by atoms with E-state index in [0.717, 1.165) is 55.9 Å². The molecule has 66 heavy (non-hydrogen) atoms. The molecule has 0 saturated carbocycles. The summed E-state index contributed by atoms with van der Waals surface area (Å²) in [5, 5.41) is 0. The van der Waals surface area contributed by atoms with Gasteiger partial charge in [0.05, 0.1) is 11.4 Å². The maximum atomic E-state index is 5.51. The minimum absolute atomic E-state index is 0.912. The lowest BCUT2D eigenvalue weighted by Gasteiger charge is -2.17. The Hall–Kier alpha value is -8.65. The van der Waals surface area contributed by atoms with Crippen LogP contribution in [0.1, 0.15) is 0 Å². The van der Waals surface area contributed by atoms with Gasteiger partial charge in [-0.1, -0.05) is 231 Å². The minimum atomic E-state index is 0.912. The molecule has 0 aliphatic heterocycles. The standard InChI is InChI=1S/C65H45N/c1-7-19-46(20-8-1)48-31-33-53(34-32-48)64-44-58(47-21-9-2-10-22-47)45-65(66-64)59-40-56(54-35-37-60(49-23-11-3-12-24-49)62(42-54)51-27-15-5-16-28-51)39-57(41-59)55-36-38-61(50-25-13-4-14-26-50)63(43-55)52-29-17-6-18-30-52/h1-45H. The molecular formula is C65H45N. The van der Waals surface area contributed by atoms with Crippen LogP contribution in [-0.2, 0) is 0 Å². The first-order valence-electron chi connectivity index (χ1n) is 22.6. The number of nitrogens with zero attached hydrogens (tertiary/aromatic N) is 1. The van der Waals surface area contributed by atoms with Crippen molar-refractivity contribution in [3.8, 4) is 112 Å². The van der Waals surface area contributed by atoms with E-state index in [2.05, 4.69) is 273 Å². The van der Waals surface area contributed by atoms with Crippen LogP contribution in [0.15, 0.2) is 273 Å². The molecule has 0 spiro atoms. The molecule has 0 aliphatic carbocycles. The zero-order valence-corrected chi connectivity index (χ0v) is 36.4. The van der Waals surface area contributed by atoms with Crippen LogP contribution in [0.3, 0.4) is 0 Å². The van der Waals surface area contributed by atoms with Crippen LogP contribution in [-0.4, -0.2) is 4.98 Å². The Balaban J connectivity index is 1.12. The van der Waals surface area contributed by atoms with E-state index in [9.17, 15) is 0 Å². The zero-order valence-electron chi connectivity index (χ0n) is 36.4. The van der Waals surface area contributed by atoms with E-state index in [4.69, 9.17) is 4.98 Å². The van der Waals surface area contributed by atoms with Crippen molar-refractivity contribution < 1.29 is 0 Å². The Labute approximate surface area is 387 Å². The van der Waals surface area contributed by atoms with E-state index in [1.807, 2.05) is 0 Å². The summed E-state index contributed by atoms with van der Waals surface area (Å²) in [5.74, 6) is 0. The van der Waals surface area contributed by atoms with Crippen molar-refractivity contribution in [3.63, 3.8) is 0 Å². The Morgan fingerprint density at radius 3 is 0.833 bits per heavy atom. The number of hydrogen-bond acceptors (Lipinski definition) is 1. The van der Waals surface area contributed by atoms with Crippen molar-refractivity contribution in [2.45, 2.75) is 0 Å². The van der Waals surface area contributed by atoms with Crippen LogP contribution in [0.25, 0.3) is 112 Å². The summed E-state index contributed by atoms with van der Waals surface area (Å²) in [6, 6.07) is 98.2. The molecule has 1 aromatic heterocycles. The third-order valence-corrected chi connectivity index (χ3v) is 12.5. The van der Waals surface area contributed by atoms with Crippen molar-refractivity contribution >= 4 is 0 Å². The van der Waals surface area contributed by atoms with Gasteiger partial charge in [-0.25, -0.2) is 4.98 Å². The minimum Gasteiger partial charge on any atom is -0.248 e. The van der Waals surface area contributed by atoms with Crippen LogP contribution in [0, 0.1) is 0 Å². The molecule has 10 aromatic carbocycles. The maximum Gasteiger partial charge on any atom is 0.0716 e. The predicted molar refractivity (Wildman–Crippen MR) is 279 cm³/mol. The highest BCUT2D eigenvalue weighted by atomic mass is 14.7. The largest absolute Gasteiger partial charge is 0.248 e. The lowest BCUT2D eigenvalue weighted by atomic mass is 9.87. The average molecular weight is 840 g/mol. The molecule has 0 atom stereocenters. The van der Waals surface area contributed by atoms with Crippen molar-refractivity contribution in [1.82, 2.24) is 4.98 Å². The van der Waals surface area contributed by atoms with Crippen molar-refractivity contribution in [3.05, 3.63) is 273 Å². The van der Waals surface area contributed by atoms with E-state index in [-0.39, 0.29) is 0 Å². The van der Waals surface area contributed by atoms with Crippen molar-refractivity contribution in [2.24, 2.45) is 0 Å². The van der Waals surface area contributed by atoms with Crippen LogP contribution < -0.4 is 0 Å². The van der Waals surface area contributed by atoms with Crippen molar-refractivity contribution in [2.75, 3.05) is 0 Å². The normalized spacial score (nSPS) is 11.0. The van der Waals surface area contributed by atoms with Crippen LogP contribution in [0.4, 0.5) is 0 Å². The Morgan fingerprint density at radius 1 is 0.152 bits per heavy atom. The Bertz CT molecular complexity index is 3260. The molecule has 0 bridgehead atoms. The molecule has 0 N–H and O–H groups in total. The van der Waals surface area contributed by atoms with Gasteiger partial charge in [0.25, 0.3) is 0 Å². The summed E-state index contributed by atoms with van der Waals surface area (Å²) < 4.78 is 0. The number of benzene rings is 10. The first kappa shape index (κ1) is 40.1. The quantitative estimate of drug-likeness (QED) is 0.134. The highest BCUT2D eigenvalue weighted by molar-refractivity contribution is 5.92. The zero-order chi connectivity index (χ0) is 44.1. The van der Waals surface area contributed by atoms with Crippen LogP contribution in [0.2, 0.25) is 0 Å². The predicted octanol–water partition coefficient (Wildman–Crippen LogP) is 17.8. The Kier molecular flexibility index (Phi) is 11.1. The average Bonchev–Trinajstić information content (AvgIpc) is 3.42.